The number of fused-ring (bicyclic) bond motifs is 2. The summed E-state index contributed by atoms with van der Waals surface area (Å²) in [6.07, 6.45) is 3.89. The number of rotatable bonds is 4. The summed E-state index contributed by atoms with van der Waals surface area (Å²) in [4.78, 5) is 26.6. The fraction of sp³-hybridized carbons (Fsp3) is 0.529. The number of nitrogens with zero attached hydrogens (tertiary/aromatic N) is 1. The van der Waals surface area contributed by atoms with E-state index in [2.05, 4.69) is 10.2 Å². The van der Waals surface area contributed by atoms with E-state index in [0.29, 0.717) is 30.5 Å². The van der Waals surface area contributed by atoms with E-state index < -0.39 is 0 Å². The van der Waals surface area contributed by atoms with Crippen molar-refractivity contribution in [1.82, 2.24) is 10.2 Å². The second kappa shape index (κ2) is 7.75. The fourth-order valence-corrected chi connectivity index (χ4v) is 3.51. The van der Waals surface area contributed by atoms with Crippen LogP contribution >= 0.6 is 12.4 Å². The quantitative estimate of drug-likeness (QED) is 0.866. The maximum atomic E-state index is 12.5. The van der Waals surface area contributed by atoms with Crippen LogP contribution in [0, 0.1) is 0 Å². The third-order valence-electron chi connectivity index (χ3n) is 4.60. The number of carbonyl (C=O) groups is 2. The standard InChI is InChI=1S/C17H22N2O2.ClH/c20-16(13-4-2-1-3-5-13)8-9-17(21)19-14-6-7-15(19)12-18-11-10-14;/h1-5,14-15,18H,6-12H2;1H. The molecule has 0 aliphatic carbocycles. The van der Waals surface area contributed by atoms with Gasteiger partial charge in [0.2, 0.25) is 5.91 Å². The molecule has 22 heavy (non-hydrogen) atoms. The lowest BCUT2D eigenvalue weighted by atomic mass is 10.1. The molecule has 2 fully saturated rings. The highest BCUT2D eigenvalue weighted by Gasteiger charge is 2.37. The number of hydrogen-bond donors (Lipinski definition) is 1. The number of benzene rings is 1. The Morgan fingerprint density at radius 3 is 2.55 bits per heavy atom. The van der Waals surface area contributed by atoms with E-state index in [9.17, 15) is 9.59 Å². The van der Waals surface area contributed by atoms with Gasteiger partial charge < -0.3 is 10.2 Å². The van der Waals surface area contributed by atoms with Crippen molar-refractivity contribution in [2.75, 3.05) is 13.1 Å². The number of ketones is 1. The Kier molecular flexibility index (Phi) is 5.98. The molecule has 4 nitrogen and oxygen atoms in total. The summed E-state index contributed by atoms with van der Waals surface area (Å²) in [6, 6.07) is 9.94. The Bertz CT molecular complexity index is 507. The van der Waals surface area contributed by atoms with Gasteiger partial charge in [-0.25, -0.2) is 0 Å². The second-order valence-electron chi connectivity index (χ2n) is 5.97. The van der Waals surface area contributed by atoms with Gasteiger partial charge in [-0.05, 0) is 25.8 Å². The normalized spacial score (nSPS) is 23.5. The van der Waals surface area contributed by atoms with Crippen LogP contribution in [-0.2, 0) is 4.79 Å². The molecule has 3 rings (SSSR count). The van der Waals surface area contributed by atoms with Gasteiger partial charge in [0.05, 0.1) is 0 Å². The smallest absolute Gasteiger partial charge is 0.223 e. The molecule has 5 heteroatoms. The molecule has 2 aliphatic rings. The second-order valence-corrected chi connectivity index (χ2v) is 5.97. The molecule has 2 saturated heterocycles. The van der Waals surface area contributed by atoms with Crippen LogP contribution in [0.3, 0.4) is 0 Å². The van der Waals surface area contributed by atoms with Gasteiger partial charge in [-0.15, -0.1) is 12.4 Å². The third-order valence-corrected chi connectivity index (χ3v) is 4.60. The first-order chi connectivity index (χ1) is 10.3. The number of carbonyl (C=O) groups excluding carboxylic acids is 2. The number of Topliss-reactive ketones (excluding diaryl/α,β-unsaturated/α-hetero) is 1. The molecular weight excluding hydrogens is 300 g/mol. The van der Waals surface area contributed by atoms with Crippen molar-refractivity contribution >= 4 is 24.1 Å². The van der Waals surface area contributed by atoms with E-state index in [0.717, 1.165) is 32.4 Å². The van der Waals surface area contributed by atoms with Crippen LogP contribution in [0.2, 0.25) is 0 Å². The summed E-state index contributed by atoms with van der Waals surface area (Å²) in [5.41, 5.74) is 0.700. The van der Waals surface area contributed by atoms with Crippen LogP contribution in [0.5, 0.6) is 0 Å². The minimum absolute atomic E-state index is 0. The van der Waals surface area contributed by atoms with E-state index in [-0.39, 0.29) is 24.1 Å². The summed E-state index contributed by atoms with van der Waals surface area (Å²) in [6.45, 7) is 1.89. The Hall–Kier alpha value is -1.39. The molecule has 0 spiro atoms. The summed E-state index contributed by atoms with van der Waals surface area (Å²) >= 11 is 0. The highest BCUT2D eigenvalue weighted by molar-refractivity contribution is 5.97. The van der Waals surface area contributed by atoms with Crippen LogP contribution in [0.25, 0.3) is 0 Å². The van der Waals surface area contributed by atoms with E-state index in [1.807, 2.05) is 30.3 Å². The molecule has 0 radical (unpaired) electrons. The minimum atomic E-state index is 0. The lowest BCUT2D eigenvalue weighted by molar-refractivity contribution is -0.133. The van der Waals surface area contributed by atoms with Crippen LogP contribution in [-0.4, -0.2) is 41.8 Å². The number of amides is 1. The van der Waals surface area contributed by atoms with E-state index in [1.165, 1.54) is 0 Å². The molecule has 0 aromatic heterocycles. The molecule has 2 heterocycles. The highest BCUT2D eigenvalue weighted by atomic mass is 35.5. The average molecular weight is 323 g/mol. The predicted octanol–water partition coefficient (Wildman–Crippen LogP) is 2.42. The zero-order chi connectivity index (χ0) is 14.7. The van der Waals surface area contributed by atoms with Gasteiger partial charge in [0.1, 0.15) is 0 Å². The van der Waals surface area contributed by atoms with Crippen LogP contribution < -0.4 is 5.32 Å². The fourth-order valence-electron chi connectivity index (χ4n) is 3.51. The minimum Gasteiger partial charge on any atom is -0.335 e. The monoisotopic (exact) mass is 322 g/mol. The lowest BCUT2D eigenvalue weighted by Gasteiger charge is -2.27. The van der Waals surface area contributed by atoms with E-state index in [1.54, 1.807) is 0 Å². The van der Waals surface area contributed by atoms with Crippen molar-refractivity contribution in [3.63, 3.8) is 0 Å². The topological polar surface area (TPSA) is 49.4 Å². The van der Waals surface area contributed by atoms with E-state index >= 15 is 0 Å². The molecular formula is C17H23ClN2O2. The Morgan fingerprint density at radius 2 is 1.77 bits per heavy atom. The van der Waals surface area contributed by atoms with Gasteiger partial charge in [0, 0.05) is 37.0 Å². The van der Waals surface area contributed by atoms with Gasteiger partial charge >= 0.3 is 0 Å². The zero-order valence-electron chi connectivity index (χ0n) is 12.7. The first-order valence-electron chi connectivity index (χ1n) is 7.86. The summed E-state index contributed by atoms with van der Waals surface area (Å²) in [5, 5.41) is 3.39. The van der Waals surface area contributed by atoms with Crippen molar-refractivity contribution < 1.29 is 9.59 Å². The van der Waals surface area contributed by atoms with Crippen LogP contribution in [0.1, 0.15) is 42.5 Å². The number of hydrogen-bond acceptors (Lipinski definition) is 3. The Morgan fingerprint density at radius 1 is 1.05 bits per heavy atom. The van der Waals surface area contributed by atoms with Gasteiger partial charge in [0.15, 0.2) is 5.78 Å². The molecule has 1 aromatic carbocycles. The Labute approximate surface area is 137 Å². The molecule has 0 saturated carbocycles. The van der Waals surface area contributed by atoms with Gasteiger partial charge in [-0.2, -0.15) is 0 Å². The van der Waals surface area contributed by atoms with Crippen molar-refractivity contribution in [2.24, 2.45) is 0 Å². The third kappa shape index (κ3) is 3.68. The summed E-state index contributed by atoms with van der Waals surface area (Å²) < 4.78 is 0. The van der Waals surface area contributed by atoms with Crippen molar-refractivity contribution in [1.29, 1.82) is 0 Å². The lowest BCUT2D eigenvalue weighted by Crippen LogP contribution is -2.42. The van der Waals surface area contributed by atoms with Crippen LogP contribution in [0.4, 0.5) is 0 Å². The first kappa shape index (κ1) is 17.0. The largest absolute Gasteiger partial charge is 0.335 e. The van der Waals surface area contributed by atoms with Crippen molar-refractivity contribution in [2.45, 2.75) is 44.2 Å². The highest BCUT2D eigenvalue weighted by Crippen LogP contribution is 2.28. The summed E-state index contributed by atoms with van der Waals surface area (Å²) in [5.74, 6) is 0.208. The molecule has 1 amide bonds. The average Bonchev–Trinajstić information content (AvgIpc) is 2.78. The van der Waals surface area contributed by atoms with Crippen molar-refractivity contribution in [3.05, 3.63) is 35.9 Å². The Balaban J connectivity index is 0.00000176. The molecule has 2 atom stereocenters. The molecule has 2 unspecified atom stereocenters. The molecule has 2 aliphatic heterocycles. The number of halogens is 1. The zero-order valence-corrected chi connectivity index (χ0v) is 13.5. The molecule has 2 bridgehead atoms. The number of nitrogens with one attached hydrogen (secondary N) is 1. The molecule has 120 valence electrons. The first-order valence-corrected chi connectivity index (χ1v) is 7.86. The molecule has 1 N–H and O–H groups in total. The van der Waals surface area contributed by atoms with Crippen LogP contribution in [0.15, 0.2) is 30.3 Å². The SMILES string of the molecule is Cl.O=C(CCC(=O)N1C2CCNCC1CC2)c1ccccc1. The van der Waals surface area contributed by atoms with Gasteiger partial charge in [-0.3, -0.25) is 9.59 Å². The van der Waals surface area contributed by atoms with Gasteiger partial charge in [-0.1, -0.05) is 30.3 Å². The van der Waals surface area contributed by atoms with Gasteiger partial charge in [0.25, 0.3) is 0 Å². The maximum absolute atomic E-state index is 12.5. The molecule has 1 aromatic rings. The maximum Gasteiger partial charge on any atom is 0.223 e. The predicted molar refractivity (Wildman–Crippen MR) is 88.4 cm³/mol. The van der Waals surface area contributed by atoms with E-state index in [4.69, 9.17) is 0 Å². The van der Waals surface area contributed by atoms with Crippen molar-refractivity contribution in [3.8, 4) is 0 Å². The summed E-state index contributed by atoms with van der Waals surface area (Å²) in [7, 11) is 0.